The first-order valence-electron chi connectivity index (χ1n) is 20.2. The van der Waals surface area contributed by atoms with E-state index in [1.165, 1.54) is 76.2 Å². The van der Waals surface area contributed by atoms with Gasteiger partial charge in [0.25, 0.3) is 0 Å². The van der Waals surface area contributed by atoms with Crippen LogP contribution in [0.2, 0.25) is 5.02 Å². The topological polar surface area (TPSA) is 96.4 Å². The Hall–Kier alpha value is -3.16. The maximum absolute atomic E-state index is 11.5. The highest BCUT2D eigenvalue weighted by Crippen LogP contribution is 2.53. The molecular formula is C47H61ClN2O3S. The molecule has 0 amide bonds. The van der Waals surface area contributed by atoms with Gasteiger partial charge in [-0.2, -0.15) is 11.8 Å². The second-order valence-electron chi connectivity index (χ2n) is 16.2. The lowest BCUT2D eigenvalue weighted by Crippen LogP contribution is -2.19. The van der Waals surface area contributed by atoms with Crippen molar-refractivity contribution in [3.63, 3.8) is 0 Å². The first kappa shape index (κ1) is 42.0. The maximum atomic E-state index is 11.5. The van der Waals surface area contributed by atoms with Gasteiger partial charge < -0.3 is 15.9 Å². The molecule has 3 aromatic carbocycles. The van der Waals surface area contributed by atoms with Crippen LogP contribution < -0.4 is 5.73 Å². The molecule has 7 heteroatoms. The van der Waals surface area contributed by atoms with Crippen LogP contribution >= 0.6 is 23.4 Å². The molecule has 1 aromatic heterocycles. The molecule has 4 aromatic rings. The van der Waals surface area contributed by atoms with Gasteiger partial charge in [0.2, 0.25) is 0 Å². The fourth-order valence-corrected chi connectivity index (χ4v) is 9.29. The number of carbonyl (C=O) groups is 1. The number of aryl methyl sites for hydroxylation is 1. The van der Waals surface area contributed by atoms with Crippen molar-refractivity contribution in [2.24, 2.45) is 11.1 Å². The molecule has 1 heterocycles. The van der Waals surface area contributed by atoms with Crippen LogP contribution in [0.5, 0.6) is 0 Å². The van der Waals surface area contributed by atoms with Gasteiger partial charge in [-0.3, -0.25) is 4.79 Å². The molecule has 2 saturated carbocycles. The molecule has 2 aliphatic rings. The highest BCUT2D eigenvalue weighted by atomic mass is 35.5. The molecule has 0 bridgehead atoms. The number of rotatable bonds is 12. The van der Waals surface area contributed by atoms with Crippen LogP contribution in [0.1, 0.15) is 143 Å². The van der Waals surface area contributed by atoms with Crippen LogP contribution in [0.3, 0.4) is 0 Å². The van der Waals surface area contributed by atoms with Crippen molar-refractivity contribution in [1.82, 2.24) is 4.98 Å². The van der Waals surface area contributed by atoms with E-state index >= 15 is 0 Å². The Balaban J connectivity index is 0.000000365. The van der Waals surface area contributed by atoms with Crippen LogP contribution in [0, 0.1) is 5.41 Å². The van der Waals surface area contributed by atoms with Gasteiger partial charge in [-0.05, 0) is 104 Å². The van der Waals surface area contributed by atoms with Crippen molar-refractivity contribution in [2.75, 3.05) is 5.75 Å². The fraction of sp³-hybridized carbons (Fsp3) is 0.489. The maximum Gasteiger partial charge on any atom is 0.303 e. The highest BCUT2D eigenvalue weighted by molar-refractivity contribution is 7.99. The smallest absolute Gasteiger partial charge is 0.303 e. The average molecular weight is 770 g/mol. The minimum atomic E-state index is -0.911. The number of carboxylic acids is 1. The molecule has 0 spiro atoms. The number of thioether (sulfide) groups is 1. The van der Waals surface area contributed by atoms with Crippen molar-refractivity contribution in [1.29, 1.82) is 0 Å². The molecule has 0 aliphatic heterocycles. The van der Waals surface area contributed by atoms with Crippen LogP contribution in [0.4, 0.5) is 0 Å². The first-order chi connectivity index (χ1) is 26.0. The number of aromatic nitrogens is 1. The molecule has 54 heavy (non-hydrogen) atoms. The van der Waals surface area contributed by atoms with Gasteiger partial charge in [0.15, 0.2) is 0 Å². The summed E-state index contributed by atoms with van der Waals surface area (Å²) in [7, 11) is 0. The summed E-state index contributed by atoms with van der Waals surface area (Å²) in [6.07, 6.45) is 23.3. The first-order valence-corrected chi connectivity index (χ1v) is 21.7. The Morgan fingerprint density at radius 3 is 2.24 bits per heavy atom. The minimum absolute atomic E-state index is 0.0814. The molecule has 290 valence electrons. The predicted octanol–water partition coefficient (Wildman–Crippen LogP) is 12.6. The largest absolute Gasteiger partial charge is 0.481 e. The van der Waals surface area contributed by atoms with Crippen LogP contribution in [0.15, 0.2) is 78.9 Å². The number of aliphatic hydroxyl groups is 1. The molecule has 5 nitrogen and oxygen atoms in total. The lowest BCUT2D eigenvalue weighted by Gasteiger charge is -2.24. The van der Waals surface area contributed by atoms with Crippen LogP contribution in [-0.4, -0.2) is 33.0 Å². The van der Waals surface area contributed by atoms with Gasteiger partial charge in [0, 0.05) is 27.5 Å². The highest BCUT2D eigenvalue weighted by Gasteiger charge is 2.44. The summed E-state index contributed by atoms with van der Waals surface area (Å²) in [5.74, 6) is 0.122. The third-order valence-electron chi connectivity index (χ3n) is 11.0. The lowest BCUT2D eigenvalue weighted by atomic mass is 9.90. The van der Waals surface area contributed by atoms with Crippen molar-refractivity contribution in [3.8, 4) is 0 Å². The quantitative estimate of drug-likeness (QED) is 0.133. The normalized spacial score (nSPS) is 17.6. The molecule has 0 unspecified atom stereocenters. The fourth-order valence-electron chi connectivity index (χ4n) is 7.55. The van der Waals surface area contributed by atoms with Gasteiger partial charge >= 0.3 is 5.97 Å². The Kier molecular flexibility index (Phi) is 16.1. The van der Waals surface area contributed by atoms with E-state index < -0.39 is 11.6 Å². The van der Waals surface area contributed by atoms with E-state index in [9.17, 15) is 15.0 Å². The van der Waals surface area contributed by atoms with E-state index in [4.69, 9.17) is 22.3 Å². The van der Waals surface area contributed by atoms with Crippen LogP contribution in [0.25, 0.3) is 23.1 Å². The third kappa shape index (κ3) is 13.8. The molecule has 0 saturated heterocycles. The zero-order chi connectivity index (χ0) is 38.4. The summed E-state index contributed by atoms with van der Waals surface area (Å²) < 4.78 is 0. The monoisotopic (exact) mass is 768 g/mol. The summed E-state index contributed by atoms with van der Waals surface area (Å²) in [6, 6.07) is 27.0. The Labute approximate surface area is 333 Å². The second kappa shape index (κ2) is 20.7. The predicted molar refractivity (Wildman–Crippen MR) is 230 cm³/mol. The summed E-state index contributed by atoms with van der Waals surface area (Å²) in [5.41, 5.74) is 11.2. The number of hydrogen-bond donors (Lipinski definition) is 3. The Morgan fingerprint density at radius 2 is 1.57 bits per heavy atom. The average Bonchev–Trinajstić information content (AvgIpc) is 3.90. The Morgan fingerprint density at radius 1 is 0.907 bits per heavy atom. The summed E-state index contributed by atoms with van der Waals surface area (Å²) in [6.45, 7) is 3.66. The number of carboxylic acid groups (broad SMARTS) is 1. The minimum Gasteiger partial charge on any atom is -0.481 e. The Bertz CT molecular complexity index is 1800. The molecule has 1 atom stereocenters. The number of pyridine rings is 1. The van der Waals surface area contributed by atoms with E-state index in [-0.39, 0.29) is 17.1 Å². The number of benzene rings is 3. The number of nitrogens with zero attached hydrogens (tertiary/aromatic N) is 1. The zero-order valence-electron chi connectivity index (χ0n) is 32.4. The van der Waals surface area contributed by atoms with Gasteiger partial charge in [0.05, 0.1) is 23.2 Å². The molecule has 0 radical (unpaired) electrons. The number of halogens is 1. The molecule has 2 aliphatic carbocycles. The number of hydrogen-bond acceptors (Lipinski definition) is 5. The summed E-state index contributed by atoms with van der Waals surface area (Å²) in [5, 5.41) is 22.1. The van der Waals surface area contributed by atoms with E-state index in [1.807, 2.05) is 74.1 Å². The van der Waals surface area contributed by atoms with Crippen molar-refractivity contribution in [3.05, 3.63) is 112 Å². The van der Waals surface area contributed by atoms with Crippen molar-refractivity contribution < 1.29 is 15.0 Å². The van der Waals surface area contributed by atoms with E-state index in [1.54, 1.807) is 0 Å². The van der Waals surface area contributed by atoms with Gasteiger partial charge in [0.1, 0.15) is 0 Å². The summed E-state index contributed by atoms with van der Waals surface area (Å²) in [4.78, 5) is 16.2. The van der Waals surface area contributed by atoms with Crippen molar-refractivity contribution in [2.45, 2.75) is 133 Å². The SMILES string of the molecule is CC(C)(O)c1ccccc1CC[C@@H](SCC1(CC(=O)O)CC1)c1cccc(C=Cc2ccc3ccc(Cl)cc3n2)c1.NC1CCCCCCCCCCC1. The molecule has 2 fully saturated rings. The molecule has 6 rings (SSSR count). The third-order valence-corrected chi connectivity index (χ3v) is 12.9. The summed E-state index contributed by atoms with van der Waals surface area (Å²) >= 11 is 8.04. The van der Waals surface area contributed by atoms with Crippen molar-refractivity contribution >= 4 is 52.4 Å². The van der Waals surface area contributed by atoms with Crippen LogP contribution in [-0.2, 0) is 16.8 Å². The molecule has 4 N–H and O–H groups in total. The van der Waals surface area contributed by atoms with E-state index in [0.717, 1.165) is 64.7 Å². The number of nitrogens with two attached hydrogens (primary N) is 1. The van der Waals surface area contributed by atoms with E-state index in [0.29, 0.717) is 11.1 Å². The van der Waals surface area contributed by atoms with Gasteiger partial charge in [-0.25, -0.2) is 4.98 Å². The molecular weight excluding hydrogens is 708 g/mol. The number of fused-ring (bicyclic) bond motifs is 1. The van der Waals surface area contributed by atoms with Gasteiger partial charge in [-0.15, -0.1) is 0 Å². The number of aliphatic carboxylic acids is 1. The second-order valence-corrected chi connectivity index (χ2v) is 17.8. The lowest BCUT2D eigenvalue weighted by molar-refractivity contribution is -0.138. The zero-order valence-corrected chi connectivity index (χ0v) is 34.0. The van der Waals surface area contributed by atoms with E-state index in [2.05, 4.69) is 42.5 Å². The van der Waals surface area contributed by atoms with Gasteiger partial charge in [-0.1, -0.05) is 136 Å². The standard InChI is InChI=1S/C35H36ClNO3S.C12H25N/c1-34(2,40)30-9-4-3-7-25(30)13-17-32(41-23-35(18-19-35)22-33(38)39)27-8-5-6-24(20-27)10-15-29-16-12-26-11-14-28(36)21-31(26)37-29;13-12-10-8-6-4-2-1-3-5-7-9-11-12/h3-12,14-16,20-21,32,40H,13,17-19,22-23H2,1-2H3,(H,38,39);12H,1-11,13H2/t32-;/m1./s1.